The molecule has 120 valence electrons. The summed E-state index contributed by atoms with van der Waals surface area (Å²) in [7, 11) is 0. The average molecular weight is 399 g/mol. The summed E-state index contributed by atoms with van der Waals surface area (Å²) in [6.45, 7) is 8.33. The molecule has 1 atom stereocenters. The zero-order valence-electron chi connectivity index (χ0n) is 12.8. The van der Waals surface area contributed by atoms with E-state index < -0.39 is 0 Å². The van der Waals surface area contributed by atoms with Crippen molar-refractivity contribution in [1.29, 1.82) is 0 Å². The lowest BCUT2D eigenvalue weighted by molar-refractivity contribution is 0.0205. The zero-order chi connectivity index (χ0) is 13.9. The first-order valence-electron chi connectivity index (χ1n) is 7.44. The van der Waals surface area contributed by atoms with E-state index in [9.17, 15) is 0 Å². The van der Waals surface area contributed by atoms with Crippen LogP contribution in [0.15, 0.2) is 4.99 Å². The standard InChI is InChI=1S/C14H29N3O2.HI/c1-3-12(2)17-14(15)16-7-4-8-19-11-13-5-9-18-10-6-13;/h12-13H,3-11H2,1-2H3,(H3,15,16,17);1H. The highest BCUT2D eigenvalue weighted by Gasteiger charge is 2.13. The number of guanidine groups is 1. The zero-order valence-corrected chi connectivity index (χ0v) is 15.1. The number of nitrogens with one attached hydrogen (secondary N) is 1. The molecule has 3 N–H and O–H groups in total. The molecule has 6 heteroatoms. The number of nitrogens with zero attached hydrogens (tertiary/aromatic N) is 1. The van der Waals surface area contributed by atoms with E-state index >= 15 is 0 Å². The van der Waals surface area contributed by atoms with Crippen LogP contribution in [-0.2, 0) is 9.47 Å². The second-order valence-electron chi connectivity index (χ2n) is 5.20. The summed E-state index contributed by atoms with van der Waals surface area (Å²) < 4.78 is 11.0. The quantitative estimate of drug-likeness (QED) is 0.284. The Bertz CT molecular complexity index is 259. The van der Waals surface area contributed by atoms with Crippen molar-refractivity contribution in [2.75, 3.05) is 33.0 Å². The van der Waals surface area contributed by atoms with Crippen LogP contribution in [0.3, 0.4) is 0 Å². The third-order valence-electron chi connectivity index (χ3n) is 3.43. The fourth-order valence-electron chi connectivity index (χ4n) is 1.93. The van der Waals surface area contributed by atoms with Crippen LogP contribution in [0.4, 0.5) is 0 Å². The molecule has 0 amide bonds. The van der Waals surface area contributed by atoms with Gasteiger partial charge in [-0.2, -0.15) is 0 Å². The molecule has 0 aliphatic carbocycles. The fraction of sp³-hybridized carbons (Fsp3) is 0.929. The summed E-state index contributed by atoms with van der Waals surface area (Å²) in [6.07, 6.45) is 4.23. The number of ether oxygens (including phenoxy) is 2. The van der Waals surface area contributed by atoms with Crippen LogP contribution < -0.4 is 11.1 Å². The van der Waals surface area contributed by atoms with Gasteiger partial charge in [-0.1, -0.05) is 6.92 Å². The molecule has 0 saturated carbocycles. The van der Waals surface area contributed by atoms with E-state index in [0.29, 0.717) is 17.9 Å². The van der Waals surface area contributed by atoms with Crippen LogP contribution in [0.1, 0.15) is 39.5 Å². The predicted octanol–water partition coefficient (Wildman–Crippen LogP) is 2.14. The number of nitrogens with two attached hydrogens (primary N) is 1. The minimum Gasteiger partial charge on any atom is -0.381 e. The lowest BCUT2D eigenvalue weighted by Gasteiger charge is -2.21. The third kappa shape index (κ3) is 9.77. The molecule has 1 aliphatic heterocycles. The van der Waals surface area contributed by atoms with Gasteiger partial charge in [0.25, 0.3) is 0 Å². The van der Waals surface area contributed by atoms with E-state index in [1.165, 1.54) is 0 Å². The van der Waals surface area contributed by atoms with Crippen molar-refractivity contribution >= 4 is 29.9 Å². The molecule has 20 heavy (non-hydrogen) atoms. The Morgan fingerprint density at radius 1 is 1.45 bits per heavy atom. The molecule has 0 spiro atoms. The third-order valence-corrected chi connectivity index (χ3v) is 3.43. The molecular weight excluding hydrogens is 369 g/mol. The van der Waals surface area contributed by atoms with Gasteiger partial charge in [0.05, 0.1) is 0 Å². The number of rotatable bonds is 8. The molecule has 5 nitrogen and oxygen atoms in total. The number of hydrogen-bond acceptors (Lipinski definition) is 3. The minimum atomic E-state index is 0. The Morgan fingerprint density at radius 2 is 2.15 bits per heavy atom. The van der Waals surface area contributed by atoms with E-state index in [1.807, 2.05) is 0 Å². The number of halogens is 1. The maximum Gasteiger partial charge on any atom is 0.188 e. The van der Waals surface area contributed by atoms with Crippen molar-refractivity contribution in [3.8, 4) is 0 Å². The van der Waals surface area contributed by atoms with E-state index in [0.717, 1.165) is 58.7 Å². The van der Waals surface area contributed by atoms with Crippen molar-refractivity contribution in [2.45, 2.75) is 45.6 Å². The summed E-state index contributed by atoms with van der Waals surface area (Å²) in [5.41, 5.74) is 5.77. The molecule has 1 heterocycles. The Balaban J connectivity index is 0.00000361. The predicted molar refractivity (Wildman–Crippen MR) is 93.8 cm³/mol. The van der Waals surface area contributed by atoms with Crippen LogP contribution in [-0.4, -0.2) is 45.0 Å². The van der Waals surface area contributed by atoms with Gasteiger partial charge in [0.2, 0.25) is 0 Å². The van der Waals surface area contributed by atoms with Gasteiger partial charge in [-0.3, -0.25) is 4.99 Å². The van der Waals surface area contributed by atoms with Crippen molar-refractivity contribution < 1.29 is 9.47 Å². The van der Waals surface area contributed by atoms with Crippen molar-refractivity contribution in [3.05, 3.63) is 0 Å². The highest BCUT2D eigenvalue weighted by Crippen LogP contribution is 2.14. The van der Waals surface area contributed by atoms with E-state index in [2.05, 4.69) is 24.2 Å². The first-order chi connectivity index (χ1) is 9.22. The minimum absolute atomic E-state index is 0. The molecule has 1 aliphatic rings. The second-order valence-corrected chi connectivity index (χ2v) is 5.20. The second kappa shape index (κ2) is 12.6. The average Bonchev–Trinajstić information content (AvgIpc) is 2.43. The molecule has 0 aromatic carbocycles. The van der Waals surface area contributed by atoms with E-state index in [-0.39, 0.29) is 24.0 Å². The van der Waals surface area contributed by atoms with Gasteiger partial charge in [0.1, 0.15) is 0 Å². The van der Waals surface area contributed by atoms with Gasteiger partial charge in [0.15, 0.2) is 5.96 Å². The van der Waals surface area contributed by atoms with E-state index in [4.69, 9.17) is 15.2 Å². The molecule has 0 bridgehead atoms. The molecule has 1 fully saturated rings. The van der Waals surface area contributed by atoms with Crippen LogP contribution in [0.5, 0.6) is 0 Å². The summed E-state index contributed by atoms with van der Waals surface area (Å²) in [5.74, 6) is 1.22. The van der Waals surface area contributed by atoms with Gasteiger partial charge in [-0.15, -0.1) is 24.0 Å². The van der Waals surface area contributed by atoms with Gasteiger partial charge < -0.3 is 20.5 Å². The lowest BCUT2D eigenvalue weighted by Crippen LogP contribution is -2.38. The van der Waals surface area contributed by atoms with Crippen molar-refractivity contribution in [1.82, 2.24) is 5.32 Å². The van der Waals surface area contributed by atoms with E-state index in [1.54, 1.807) is 0 Å². The summed E-state index contributed by atoms with van der Waals surface area (Å²) in [5, 5.41) is 3.15. The normalized spacial score (nSPS) is 18.4. The maximum absolute atomic E-state index is 5.77. The molecular formula is C14H30IN3O2. The van der Waals surface area contributed by atoms with Crippen molar-refractivity contribution in [2.24, 2.45) is 16.6 Å². The van der Waals surface area contributed by atoms with Gasteiger partial charge in [-0.05, 0) is 38.5 Å². The van der Waals surface area contributed by atoms with Crippen LogP contribution >= 0.6 is 24.0 Å². The smallest absolute Gasteiger partial charge is 0.188 e. The lowest BCUT2D eigenvalue weighted by atomic mass is 10.0. The molecule has 0 radical (unpaired) electrons. The monoisotopic (exact) mass is 399 g/mol. The molecule has 1 unspecified atom stereocenters. The van der Waals surface area contributed by atoms with Crippen LogP contribution in [0.2, 0.25) is 0 Å². The van der Waals surface area contributed by atoms with Crippen molar-refractivity contribution in [3.63, 3.8) is 0 Å². The fourth-order valence-corrected chi connectivity index (χ4v) is 1.93. The van der Waals surface area contributed by atoms with Gasteiger partial charge >= 0.3 is 0 Å². The summed E-state index contributed by atoms with van der Waals surface area (Å²) in [6, 6.07) is 0.383. The largest absolute Gasteiger partial charge is 0.381 e. The molecule has 0 aromatic heterocycles. The first-order valence-corrected chi connectivity index (χ1v) is 7.44. The highest BCUT2D eigenvalue weighted by atomic mass is 127. The molecule has 1 rings (SSSR count). The summed E-state index contributed by atoms with van der Waals surface area (Å²) in [4.78, 5) is 4.28. The Hall–Kier alpha value is -0.0800. The topological polar surface area (TPSA) is 68.9 Å². The summed E-state index contributed by atoms with van der Waals surface area (Å²) >= 11 is 0. The number of aliphatic imine (C=N–C) groups is 1. The first kappa shape index (κ1) is 19.9. The Kier molecular flexibility index (Phi) is 12.6. The molecule has 1 saturated heterocycles. The SMILES string of the molecule is CCC(C)NC(N)=NCCCOCC1CCOCC1.I. The Labute approximate surface area is 140 Å². The molecule has 0 aromatic rings. The number of hydrogen-bond donors (Lipinski definition) is 2. The highest BCUT2D eigenvalue weighted by molar-refractivity contribution is 14.0. The Morgan fingerprint density at radius 3 is 2.80 bits per heavy atom. The van der Waals surface area contributed by atoms with Crippen LogP contribution in [0, 0.1) is 5.92 Å². The van der Waals surface area contributed by atoms with Gasteiger partial charge in [0, 0.05) is 39.0 Å². The van der Waals surface area contributed by atoms with Crippen LogP contribution in [0.25, 0.3) is 0 Å². The maximum atomic E-state index is 5.77. The van der Waals surface area contributed by atoms with Gasteiger partial charge in [-0.25, -0.2) is 0 Å².